The number of nitrogens with one attached hydrogen (secondary N) is 1. The predicted molar refractivity (Wildman–Crippen MR) is 148 cm³/mol. The Morgan fingerprint density at radius 1 is 1.05 bits per heavy atom. The van der Waals surface area contributed by atoms with E-state index in [-0.39, 0.29) is 5.56 Å². The van der Waals surface area contributed by atoms with E-state index >= 15 is 0 Å². The van der Waals surface area contributed by atoms with E-state index in [1.807, 2.05) is 53.2 Å². The van der Waals surface area contributed by atoms with Crippen molar-refractivity contribution in [3.05, 3.63) is 71.2 Å². The fourth-order valence-corrected chi connectivity index (χ4v) is 4.95. The first kappa shape index (κ1) is 24.1. The van der Waals surface area contributed by atoms with Crippen molar-refractivity contribution in [2.24, 2.45) is 0 Å². The van der Waals surface area contributed by atoms with Gasteiger partial charge in [-0.15, -0.1) is 0 Å². The van der Waals surface area contributed by atoms with Crippen LogP contribution in [0.5, 0.6) is 11.5 Å². The van der Waals surface area contributed by atoms with Crippen LogP contribution in [0.25, 0.3) is 16.7 Å². The van der Waals surface area contributed by atoms with Crippen molar-refractivity contribution in [1.82, 2.24) is 24.2 Å². The Balaban J connectivity index is 1.37. The second kappa shape index (κ2) is 10.2. The van der Waals surface area contributed by atoms with Crippen molar-refractivity contribution in [2.45, 2.75) is 13.0 Å². The molecule has 4 heterocycles. The lowest BCUT2D eigenvalue weighted by Crippen LogP contribution is -2.44. The summed E-state index contributed by atoms with van der Waals surface area (Å²) in [6.45, 7) is 4.95. The number of nitrogens with zero attached hydrogens (tertiary/aromatic N) is 6. The zero-order valence-corrected chi connectivity index (χ0v) is 21.6. The standard InChI is InChI=1S/C28H31N7O3/c1-32-12-14-33(15-13-32)24-10-9-20(17-25(24)37-2)30-28-29-19-23-26(31-28)35-21-7-6-8-22(18-21)38-16-5-3-4-11-34(35)27(23)36/h3-4,6-10,17-19H,5,11-16H2,1-2H3,(H,29,30,31)/b4-3-. The van der Waals surface area contributed by atoms with E-state index in [9.17, 15) is 4.79 Å². The van der Waals surface area contributed by atoms with Crippen molar-refractivity contribution in [1.29, 1.82) is 0 Å². The van der Waals surface area contributed by atoms with Crippen LogP contribution >= 0.6 is 0 Å². The number of ether oxygens (including phenoxy) is 2. The molecule has 2 aliphatic rings. The van der Waals surface area contributed by atoms with E-state index < -0.39 is 0 Å². The molecule has 0 spiro atoms. The molecule has 0 amide bonds. The average Bonchev–Trinajstić information content (AvgIpc) is 3.20. The number of hydrogen-bond donors (Lipinski definition) is 1. The van der Waals surface area contributed by atoms with Crippen LogP contribution in [-0.2, 0) is 6.54 Å². The molecular formula is C28H31N7O3. The highest BCUT2D eigenvalue weighted by Crippen LogP contribution is 2.33. The highest BCUT2D eigenvalue weighted by atomic mass is 16.5. The van der Waals surface area contributed by atoms with Gasteiger partial charge < -0.3 is 24.6 Å². The maximum absolute atomic E-state index is 13.3. The number of aromatic nitrogens is 4. The molecule has 1 N–H and O–H groups in total. The van der Waals surface area contributed by atoms with Crippen LogP contribution in [0.2, 0.25) is 0 Å². The maximum Gasteiger partial charge on any atom is 0.278 e. The van der Waals surface area contributed by atoms with Crippen molar-refractivity contribution in [3.8, 4) is 17.2 Å². The van der Waals surface area contributed by atoms with Gasteiger partial charge in [0.2, 0.25) is 5.95 Å². The van der Waals surface area contributed by atoms with E-state index in [2.05, 4.69) is 33.2 Å². The number of likely N-dealkylation sites (N-methyl/N-ethyl adjacent to an activating group) is 1. The molecule has 1 saturated heterocycles. The largest absolute Gasteiger partial charge is 0.495 e. The summed E-state index contributed by atoms with van der Waals surface area (Å²) in [5, 5.41) is 3.75. The molecular weight excluding hydrogens is 482 g/mol. The van der Waals surface area contributed by atoms with Crippen molar-refractivity contribution >= 4 is 28.4 Å². The second-order valence-electron chi connectivity index (χ2n) is 9.54. The smallest absolute Gasteiger partial charge is 0.278 e. The minimum atomic E-state index is -0.139. The fraction of sp³-hybridized carbons (Fsp3) is 0.321. The molecule has 196 valence electrons. The van der Waals surface area contributed by atoms with E-state index in [4.69, 9.17) is 14.5 Å². The van der Waals surface area contributed by atoms with Gasteiger partial charge >= 0.3 is 0 Å². The van der Waals surface area contributed by atoms with Crippen molar-refractivity contribution < 1.29 is 9.47 Å². The van der Waals surface area contributed by atoms with Crippen LogP contribution in [0.4, 0.5) is 17.3 Å². The third-order valence-corrected chi connectivity index (χ3v) is 7.02. The third-order valence-electron chi connectivity index (χ3n) is 7.02. The number of fused-ring (bicyclic) bond motifs is 6. The molecule has 0 saturated carbocycles. The predicted octanol–water partition coefficient (Wildman–Crippen LogP) is 3.42. The van der Waals surface area contributed by atoms with Gasteiger partial charge in [0.25, 0.3) is 5.56 Å². The fourth-order valence-electron chi connectivity index (χ4n) is 4.95. The summed E-state index contributed by atoms with van der Waals surface area (Å²) in [7, 11) is 3.83. The Bertz CT molecular complexity index is 1550. The van der Waals surface area contributed by atoms with Crippen LogP contribution in [0.3, 0.4) is 0 Å². The van der Waals surface area contributed by atoms with Crippen molar-refractivity contribution in [2.75, 3.05) is 57.2 Å². The number of piperazine rings is 1. The number of hydrogen-bond acceptors (Lipinski definition) is 8. The Morgan fingerprint density at radius 2 is 1.92 bits per heavy atom. The average molecular weight is 514 g/mol. The first-order valence-electron chi connectivity index (χ1n) is 12.9. The van der Waals surface area contributed by atoms with E-state index in [1.165, 1.54) is 0 Å². The summed E-state index contributed by atoms with van der Waals surface area (Å²) < 4.78 is 15.1. The lowest BCUT2D eigenvalue weighted by atomic mass is 10.2. The molecule has 0 unspecified atom stereocenters. The lowest BCUT2D eigenvalue weighted by molar-refractivity contribution is 0.311. The summed E-state index contributed by atoms with van der Waals surface area (Å²) in [5.41, 5.74) is 3.06. The van der Waals surface area contributed by atoms with Gasteiger partial charge in [0, 0.05) is 50.2 Å². The van der Waals surface area contributed by atoms with Gasteiger partial charge in [-0.3, -0.25) is 4.79 Å². The first-order chi connectivity index (χ1) is 18.6. The zero-order valence-electron chi connectivity index (χ0n) is 21.6. The summed E-state index contributed by atoms with van der Waals surface area (Å²) in [6, 6.07) is 13.7. The van der Waals surface area contributed by atoms with Crippen LogP contribution in [0.1, 0.15) is 6.42 Å². The van der Waals surface area contributed by atoms with Gasteiger partial charge in [-0.2, -0.15) is 4.98 Å². The SMILES string of the molecule is COc1cc(Nc2ncc3c(=O)n4n(c3n2)-c2cccc(c2)OCC/C=C\C4)ccc1N1CCN(C)CC1. The molecule has 1 fully saturated rings. The molecule has 0 radical (unpaired) electrons. The number of allylic oxidation sites excluding steroid dienone is 1. The topological polar surface area (TPSA) is 89.7 Å². The Kier molecular flexibility index (Phi) is 6.47. The molecule has 2 aromatic carbocycles. The molecule has 2 aliphatic heterocycles. The Hall–Kier alpha value is -4.31. The minimum absolute atomic E-state index is 0.139. The van der Waals surface area contributed by atoms with Gasteiger partial charge in [-0.05, 0) is 37.7 Å². The normalized spacial score (nSPS) is 16.8. The quantitative estimate of drug-likeness (QED) is 0.415. The summed E-state index contributed by atoms with van der Waals surface area (Å²) in [5.74, 6) is 1.93. The van der Waals surface area contributed by atoms with Gasteiger partial charge in [0.15, 0.2) is 5.65 Å². The van der Waals surface area contributed by atoms with Gasteiger partial charge in [0.1, 0.15) is 16.9 Å². The van der Waals surface area contributed by atoms with Gasteiger partial charge in [-0.1, -0.05) is 18.2 Å². The summed E-state index contributed by atoms with van der Waals surface area (Å²) >= 11 is 0. The highest BCUT2D eigenvalue weighted by Gasteiger charge is 2.20. The van der Waals surface area contributed by atoms with Gasteiger partial charge in [-0.25, -0.2) is 14.3 Å². The molecule has 0 aliphatic carbocycles. The van der Waals surface area contributed by atoms with Crippen LogP contribution in [0.15, 0.2) is 65.6 Å². The Labute approximate surface area is 220 Å². The van der Waals surface area contributed by atoms with E-state index in [0.29, 0.717) is 30.1 Å². The summed E-state index contributed by atoms with van der Waals surface area (Å²) in [6.07, 6.45) is 6.37. The molecule has 4 aromatic rings. The molecule has 6 rings (SSSR count). The van der Waals surface area contributed by atoms with Gasteiger partial charge in [0.05, 0.1) is 31.6 Å². The number of methoxy groups -OCH3 is 1. The van der Waals surface area contributed by atoms with Crippen LogP contribution in [0, 0.1) is 0 Å². The highest BCUT2D eigenvalue weighted by molar-refractivity contribution is 5.78. The summed E-state index contributed by atoms with van der Waals surface area (Å²) in [4.78, 5) is 27.2. The number of benzene rings is 2. The molecule has 10 nitrogen and oxygen atoms in total. The lowest BCUT2D eigenvalue weighted by Gasteiger charge is -2.34. The maximum atomic E-state index is 13.3. The molecule has 2 bridgehead atoms. The van der Waals surface area contributed by atoms with Crippen LogP contribution < -0.4 is 25.2 Å². The molecule has 2 aromatic heterocycles. The van der Waals surface area contributed by atoms with E-state index in [1.54, 1.807) is 18.0 Å². The second-order valence-corrected chi connectivity index (χ2v) is 9.54. The van der Waals surface area contributed by atoms with Crippen LogP contribution in [-0.4, -0.2) is 71.2 Å². The zero-order chi connectivity index (χ0) is 26.1. The monoisotopic (exact) mass is 513 g/mol. The molecule has 0 atom stereocenters. The van der Waals surface area contributed by atoms with E-state index in [0.717, 1.165) is 61.2 Å². The molecule has 10 heteroatoms. The van der Waals surface area contributed by atoms with Crippen molar-refractivity contribution in [3.63, 3.8) is 0 Å². The minimum Gasteiger partial charge on any atom is -0.495 e. The molecule has 38 heavy (non-hydrogen) atoms. The Morgan fingerprint density at radius 3 is 2.76 bits per heavy atom. The first-order valence-corrected chi connectivity index (χ1v) is 12.9. The number of rotatable bonds is 4. The number of anilines is 3. The third kappa shape index (κ3) is 4.58.